The minimum absolute atomic E-state index is 0.158. The zero-order valence-electron chi connectivity index (χ0n) is 9.87. The van der Waals surface area contributed by atoms with Crippen LogP contribution in [-0.2, 0) is 6.54 Å². The first kappa shape index (κ1) is 12.2. The lowest BCUT2D eigenvalue weighted by atomic mass is 10.2. The number of hydrogen-bond acceptors (Lipinski definition) is 2. The third-order valence-corrected chi connectivity index (χ3v) is 2.41. The van der Waals surface area contributed by atoms with E-state index in [1.807, 2.05) is 0 Å². The van der Waals surface area contributed by atoms with E-state index < -0.39 is 11.8 Å². The van der Waals surface area contributed by atoms with E-state index in [0.717, 1.165) is 11.1 Å². The zero-order valence-corrected chi connectivity index (χ0v) is 9.87. The van der Waals surface area contributed by atoms with Gasteiger partial charge in [-0.2, -0.15) is 0 Å². The van der Waals surface area contributed by atoms with E-state index in [-0.39, 0.29) is 5.69 Å². The van der Waals surface area contributed by atoms with E-state index in [4.69, 9.17) is 4.42 Å². The largest absolute Gasteiger partial charge is 0.472 e. The van der Waals surface area contributed by atoms with Crippen LogP contribution in [0.3, 0.4) is 0 Å². The van der Waals surface area contributed by atoms with Crippen LogP contribution in [0.4, 0.5) is 14.9 Å². The lowest BCUT2D eigenvalue weighted by Gasteiger charge is -2.08. The van der Waals surface area contributed by atoms with Gasteiger partial charge in [-0.1, -0.05) is 6.07 Å². The van der Waals surface area contributed by atoms with Gasteiger partial charge in [-0.05, 0) is 30.7 Å². The van der Waals surface area contributed by atoms with Crippen molar-refractivity contribution in [2.24, 2.45) is 0 Å². The monoisotopic (exact) mass is 248 g/mol. The van der Waals surface area contributed by atoms with Gasteiger partial charge in [0.25, 0.3) is 0 Å². The van der Waals surface area contributed by atoms with Crippen LogP contribution < -0.4 is 10.6 Å². The summed E-state index contributed by atoms with van der Waals surface area (Å²) in [6.45, 7) is 2.11. The van der Waals surface area contributed by atoms with Crippen LogP contribution in [0, 0.1) is 12.7 Å². The lowest BCUT2D eigenvalue weighted by Crippen LogP contribution is -2.28. The Bertz CT molecular complexity index is 538. The maximum atomic E-state index is 13.5. The van der Waals surface area contributed by atoms with E-state index in [1.54, 1.807) is 19.1 Å². The highest BCUT2D eigenvalue weighted by Gasteiger charge is 2.06. The van der Waals surface area contributed by atoms with E-state index in [2.05, 4.69) is 10.6 Å². The smallest absolute Gasteiger partial charge is 0.319 e. The normalized spacial score (nSPS) is 10.1. The molecule has 0 saturated heterocycles. The van der Waals surface area contributed by atoms with Gasteiger partial charge in [-0.15, -0.1) is 0 Å². The number of carbonyl (C=O) groups is 1. The number of amides is 2. The Balaban J connectivity index is 1.91. The fourth-order valence-electron chi connectivity index (χ4n) is 1.46. The summed E-state index contributed by atoms with van der Waals surface area (Å²) in [6, 6.07) is 5.91. The molecule has 2 aromatic rings. The fraction of sp³-hybridized carbons (Fsp3) is 0.154. The molecule has 0 atom stereocenters. The van der Waals surface area contributed by atoms with Gasteiger partial charge >= 0.3 is 6.03 Å². The van der Waals surface area contributed by atoms with Gasteiger partial charge in [0.2, 0.25) is 0 Å². The molecule has 0 fully saturated rings. The third kappa shape index (κ3) is 3.10. The Morgan fingerprint density at radius 1 is 1.39 bits per heavy atom. The highest BCUT2D eigenvalue weighted by Crippen LogP contribution is 2.14. The first-order valence-corrected chi connectivity index (χ1v) is 5.47. The van der Waals surface area contributed by atoms with Crippen molar-refractivity contribution in [3.05, 3.63) is 53.7 Å². The molecule has 18 heavy (non-hydrogen) atoms. The fourth-order valence-corrected chi connectivity index (χ4v) is 1.46. The van der Waals surface area contributed by atoms with Crippen molar-refractivity contribution in [2.75, 3.05) is 5.32 Å². The first-order chi connectivity index (χ1) is 8.65. The number of halogens is 1. The highest BCUT2D eigenvalue weighted by atomic mass is 19.1. The summed E-state index contributed by atoms with van der Waals surface area (Å²) in [5.41, 5.74) is 1.80. The number of anilines is 1. The van der Waals surface area contributed by atoms with Crippen LogP contribution in [0.15, 0.2) is 41.2 Å². The molecule has 0 aliphatic heterocycles. The maximum Gasteiger partial charge on any atom is 0.319 e. The summed E-state index contributed by atoms with van der Waals surface area (Å²) in [5, 5.41) is 5.04. The molecule has 0 aliphatic carbocycles. The second kappa shape index (κ2) is 5.35. The predicted octanol–water partition coefficient (Wildman–Crippen LogP) is 3.05. The summed E-state index contributed by atoms with van der Waals surface area (Å²) < 4.78 is 18.3. The molecule has 2 N–H and O–H groups in total. The lowest BCUT2D eigenvalue weighted by molar-refractivity contribution is 0.251. The molecule has 0 unspecified atom stereocenters. The molecule has 1 aromatic carbocycles. The number of benzene rings is 1. The second-order valence-electron chi connectivity index (χ2n) is 3.92. The number of carbonyl (C=O) groups excluding carboxylic acids is 1. The molecule has 4 nitrogen and oxygen atoms in total. The van der Waals surface area contributed by atoms with Crippen molar-refractivity contribution in [1.29, 1.82) is 0 Å². The molecule has 5 heteroatoms. The van der Waals surface area contributed by atoms with Crippen LogP contribution in [0.5, 0.6) is 0 Å². The number of aryl methyl sites for hydroxylation is 1. The molecule has 0 saturated carbocycles. The molecule has 2 amide bonds. The first-order valence-electron chi connectivity index (χ1n) is 5.47. The van der Waals surface area contributed by atoms with Crippen molar-refractivity contribution >= 4 is 11.7 Å². The zero-order chi connectivity index (χ0) is 13.0. The molecule has 0 bridgehead atoms. The van der Waals surface area contributed by atoms with Gasteiger partial charge < -0.3 is 15.1 Å². The van der Waals surface area contributed by atoms with E-state index in [9.17, 15) is 9.18 Å². The van der Waals surface area contributed by atoms with Gasteiger partial charge in [0.15, 0.2) is 0 Å². The minimum atomic E-state index is -0.459. The summed E-state index contributed by atoms with van der Waals surface area (Å²) in [4.78, 5) is 11.5. The molecule has 94 valence electrons. The van der Waals surface area contributed by atoms with Crippen LogP contribution in [0.25, 0.3) is 0 Å². The summed E-state index contributed by atoms with van der Waals surface area (Å²) >= 11 is 0. The number of nitrogens with one attached hydrogen (secondary N) is 2. The van der Waals surface area contributed by atoms with E-state index in [1.165, 1.54) is 24.7 Å². The van der Waals surface area contributed by atoms with Gasteiger partial charge in [-0.25, -0.2) is 9.18 Å². The Labute approximate surface area is 104 Å². The quantitative estimate of drug-likeness (QED) is 0.877. The second-order valence-corrected chi connectivity index (χ2v) is 3.92. The Kier molecular flexibility index (Phi) is 3.62. The van der Waals surface area contributed by atoms with Crippen molar-refractivity contribution in [1.82, 2.24) is 5.32 Å². The number of furan rings is 1. The van der Waals surface area contributed by atoms with Crippen LogP contribution in [0.1, 0.15) is 11.1 Å². The molecule has 1 heterocycles. The van der Waals surface area contributed by atoms with Crippen molar-refractivity contribution < 1.29 is 13.6 Å². The van der Waals surface area contributed by atoms with Gasteiger partial charge in [0.1, 0.15) is 5.82 Å². The summed E-state index contributed by atoms with van der Waals surface area (Å²) in [5.74, 6) is -0.450. The molecule has 0 radical (unpaired) electrons. The number of rotatable bonds is 3. The SMILES string of the molecule is Cc1ccc(NC(=O)NCc2ccoc2)c(F)c1. The average molecular weight is 248 g/mol. The van der Waals surface area contributed by atoms with Crippen LogP contribution in [0.2, 0.25) is 0 Å². The van der Waals surface area contributed by atoms with Gasteiger partial charge in [0.05, 0.1) is 18.2 Å². The van der Waals surface area contributed by atoms with Crippen LogP contribution >= 0.6 is 0 Å². The van der Waals surface area contributed by atoms with Gasteiger partial charge in [0, 0.05) is 12.1 Å². The van der Waals surface area contributed by atoms with Gasteiger partial charge in [-0.3, -0.25) is 0 Å². The summed E-state index contributed by atoms with van der Waals surface area (Å²) in [6.07, 6.45) is 3.06. The van der Waals surface area contributed by atoms with E-state index >= 15 is 0 Å². The highest BCUT2D eigenvalue weighted by molar-refractivity contribution is 5.89. The maximum absolute atomic E-state index is 13.5. The van der Waals surface area contributed by atoms with Crippen molar-refractivity contribution in [3.8, 4) is 0 Å². The number of urea groups is 1. The van der Waals surface area contributed by atoms with Crippen molar-refractivity contribution in [2.45, 2.75) is 13.5 Å². The third-order valence-electron chi connectivity index (χ3n) is 2.41. The summed E-state index contributed by atoms with van der Waals surface area (Å²) in [7, 11) is 0. The molecular weight excluding hydrogens is 235 g/mol. The molecule has 0 aliphatic rings. The predicted molar refractivity (Wildman–Crippen MR) is 65.7 cm³/mol. The minimum Gasteiger partial charge on any atom is -0.472 e. The van der Waals surface area contributed by atoms with Crippen LogP contribution in [-0.4, -0.2) is 6.03 Å². The number of hydrogen-bond donors (Lipinski definition) is 2. The Morgan fingerprint density at radius 3 is 2.89 bits per heavy atom. The Morgan fingerprint density at radius 2 is 2.22 bits per heavy atom. The van der Waals surface area contributed by atoms with Crippen molar-refractivity contribution in [3.63, 3.8) is 0 Å². The average Bonchev–Trinajstić information content (AvgIpc) is 2.83. The topological polar surface area (TPSA) is 54.3 Å². The molecule has 2 rings (SSSR count). The van der Waals surface area contributed by atoms with E-state index in [0.29, 0.717) is 6.54 Å². The standard InChI is InChI=1S/C13H13FN2O2/c1-9-2-3-12(11(14)6-9)16-13(17)15-7-10-4-5-18-8-10/h2-6,8H,7H2,1H3,(H2,15,16,17). The molecule has 0 spiro atoms. The molecule has 1 aromatic heterocycles. The Hall–Kier alpha value is -2.30. The molecular formula is C13H13FN2O2.